The zero-order valence-corrected chi connectivity index (χ0v) is 10.1. The van der Waals surface area contributed by atoms with Gasteiger partial charge in [0.15, 0.2) is 6.29 Å². The van der Waals surface area contributed by atoms with E-state index in [1.54, 1.807) is 18.2 Å². The van der Waals surface area contributed by atoms with Crippen LogP contribution in [-0.2, 0) is 0 Å². The second-order valence-corrected chi connectivity index (χ2v) is 4.13. The van der Waals surface area contributed by atoms with Crippen LogP contribution in [0.1, 0.15) is 15.9 Å². The first-order chi connectivity index (χ1) is 8.19. The van der Waals surface area contributed by atoms with Gasteiger partial charge in [0.05, 0.1) is 5.02 Å². The Hall–Kier alpha value is -1.80. The van der Waals surface area contributed by atoms with Crippen LogP contribution in [0.5, 0.6) is 11.5 Å². The predicted molar refractivity (Wildman–Crippen MR) is 68.1 cm³/mol. The lowest BCUT2D eigenvalue weighted by atomic mass is 10.2. The maximum Gasteiger partial charge on any atom is 0.151 e. The largest absolute Gasteiger partial charge is 0.457 e. The highest BCUT2D eigenvalue weighted by molar-refractivity contribution is 6.33. The summed E-state index contributed by atoms with van der Waals surface area (Å²) in [4.78, 5) is 10.6. The summed E-state index contributed by atoms with van der Waals surface area (Å²) in [6, 6.07) is 12.7. The van der Waals surface area contributed by atoms with E-state index in [-0.39, 0.29) is 0 Å². The summed E-state index contributed by atoms with van der Waals surface area (Å²) >= 11 is 5.92. The van der Waals surface area contributed by atoms with Gasteiger partial charge in [-0.05, 0) is 36.8 Å². The number of ether oxygens (including phenoxy) is 1. The molecule has 17 heavy (non-hydrogen) atoms. The average Bonchev–Trinajstić information content (AvgIpc) is 2.29. The number of rotatable bonds is 3. The molecule has 2 nitrogen and oxygen atoms in total. The Morgan fingerprint density at radius 3 is 2.53 bits per heavy atom. The summed E-state index contributed by atoms with van der Waals surface area (Å²) in [5.74, 6) is 1.37. The van der Waals surface area contributed by atoms with Gasteiger partial charge >= 0.3 is 0 Å². The van der Waals surface area contributed by atoms with Crippen molar-refractivity contribution in [2.75, 3.05) is 0 Å². The molecule has 0 saturated heterocycles. The highest BCUT2D eigenvalue weighted by atomic mass is 35.5. The van der Waals surface area contributed by atoms with E-state index >= 15 is 0 Å². The molecule has 2 aromatic carbocycles. The zero-order valence-electron chi connectivity index (χ0n) is 9.31. The first-order valence-corrected chi connectivity index (χ1v) is 5.56. The van der Waals surface area contributed by atoms with Gasteiger partial charge in [0.2, 0.25) is 0 Å². The Bertz CT molecular complexity index is 550. The number of aryl methyl sites for hydroxylation is 1. The molecule has 0 atom stereocenters. The fraction of sp³-hybridized carbons (Fsp3) is 0.0714. The van der Waals surface area contributed by atoms with Crippen molar-refractivity contribution in [1.82, 2.24) is 0 Å². The van der Waals surface area contributed by atoms with E-state index < -0.39 is 0 Å². The third kappa shape index (κ3) is 2.86. The molecule has 3 heteroatoms. The Morgan fingerprint density at radius 1 is 1.12 bits per heavy atom. The predicted octanol–water partition coefficient (Wildman–Crippen LogP) is 4.25. The summed E-state index contributed by atoms with van der Waals surface area (Å²) in [6.45, 7) is 2.00. The van der Waals surface area contributed by atoms with Gasteiger partial charge in [0.1, 0.15) is 11.5 Å². The molecule has 0 aliphatic rings. The quantitative estimate of drug-likeness (QED) is 0.757. The number of carbonyl (C=O) groups excluding carboxylic acids is 1. The topological polar surface area (TPSA) is 26.3 Å². The minimum atomic E-state index is 0.394. The van der Waals surface area contributed by atoms with Crippen LogP contribution in [0.15, 0.2) is 42.5 Å². The molecule has 0 saturated carbocycles. The van der Waals surface area contributed by atoms with Crippen molar-refractivity contribution in [3.63, 3.8) is 0 Å². The molecular formula is C14H11ClO2. The van der Waals surface area contributed by atoms with Crippen LogP contribution in [0.25, 0.3) is 0 Å². The van der Waals surface area contributed by atoms with Crippen molar-refractivity contribution >= 4 is 17.9 Å². The van der Waals surface area contributed by atoms with Gasteiger partial charge in [0, 0.05) is 11.6 Å². The first-order valence-electron chi connectivity index (χ1n) is 5.18. The SMILES string of the molecule is Cc1cccc(Oc2ccc(C=O)c(Cl)c2)c1. The Labute approximate surface area is 105 Å². The normalized spacial score (nSPS) is 10.0. The van der Waals surface area contributed by atoms with E-state index in [0.717, 1.165) is 17.6 Å². The van der Waals surface area contributed by atoms with E-state index in [2.05, 4.69) is 0 Å². The van der Waals surface area contributed by atoms with Gasteiger partial charge < -0.3 is 4.74 Å². The fourth-order valence-electron chi connectivity index (χ4n) is 1.48. The standard InChI is InChI=1S/C14H11ClO2/c1-10-3-2-4-12(7-10)17-13-6-5-11(9-16)14(15)8-13/h2-9H,1H3. The van der Waals surface area contributed by atoms with Gasteiger partial charge in [-0.1, -0.05) is 23.7 Å². The van der Waals surface area contributed by atoms with E-state index in [1.807, 2.05) is 31.2 Å². The highest BCUT2D eigenvalue weighted by Crippen LogP contribution is 2.26. The van der Waals surface area contributed by atoms with Crippen molar-refractivity contribution in [3.05, 3.63) is 58.6 Å². The second-order valence-electron chi connectivity index (χ2n) is 3.72. The lowest BCUT2D eigenvalue weighted by Crippen LogP contribution is -1.87. The van der Waals surface area contributed by atoms with Crippen LogP contribution < -0.4 is 4.74 Å². The summed E-state index contributed by atoms with van der Waals surface area (Å²) in [5, 5.41) is 0.394. The molecule has 0 amide bonds. The zero-order chi connectivity index (χ0) is 12.3. The molecular weight excluding hydrogens is 236 g/mol. The summed E-state index contributed by atoms with van der Waals surface area (Å²) in [6.07, 6.45) is 0.721. The summed E-state index contributed by atoms with van der Waals surface area (Å²) in [7, 11) is 0. The fourth-order valence-corrected chi connectivity index (χ4v) is 1.70. The van der Waals surface area contributed by atoms with E-state index in [1.165, 1.54) is 0 Å². The van der Waals surface area contributed by atoms with Crippen LogP contribution in [0, 0.1) is 6.92 Å². The van der Waals surface area contributed by atoms with E-state index in [9.17, 15) is 4.79 Å². The molecule has 2 aromatic rings. The van der Waals surface area contributed by atoms with E-state index in [4.69, 9.17) is 16.3 Å². The van der Waals surface area contributed by atoms with Crippen molar-refractivity contribution in [2.24, 2.45) is 0 Å². The molecule has 0 aliphatic heterocycles. The molecule has 86 valence electrons. The maximum atomic E-state index is 10.6. The van der Waals surface area contributed by atoms with Crippen molar-refractivity contribution in [2.45, 2.75) is 6.92 Å². The molecule has 0 radical (unpaired) electrons. The van der Waals surface area contributed by atoms with Crippen LogP contribution in [0.3, 0.4) is 0 Å². The summed E-state index contributed by atoms with van der Waals surface area (Å²) in [5.41, 5.74) is 1.58. The Balaban J connectivity index is 2.24. The van der Waals surface area contributed by atoms with Crippen LogP contribution >= 0.6 is 11.6 Å². The molecule has 0 spiro atoms. The van der Waals surface area contributed by atoms with Crippen LogP contribution in [0.2, 0.25) is 5.02 Å². The summed E-state index contributed by atoms with van der Waals surface area (Å²) < 4.78 is 5.64. The molecule has 0 heterocycles. The number of aldehydes is 1. The minimum absolute atomic E-state index is 0.394. The molecule has 0 fully saturated rings. The van der Waals surface area contributed by atoms with Crippen LogP contribution in [0.4, 0.5) is 0 Å². The number of hydrogen-bond acceptors (Lipinski definition) is 2. The van der Waals surface area contributed by atoms with Gasteiger partial charge in [-0.3, -0.25) is 4.79 Å². The van der Waals surface area contributed by atoms with Crippen molar-refractivity contribution in [1.29, 1.82) is 0 Å². The molecule has 0 aliphatic carbocycles. The van der Waals surface area contributed by atoms with Gasteiger partial charge in [-0.15, -0.1) is 0 Å². The molecule has 0 aromatic heterocycles. The Morgan fingerprint density at radius 2 is 1.88 bits per heavy atom. The third-order valence-corrected chi connectivity index (χ3v) is 2.65. The van der Waals surface area contributed by atoms with Crippen molar-refractivity contribution < 1.29 is 9.53 Å². The highest BCUT2D eigenvalue weighted by Gasteiger charge is 2.02. The average molecular weight is 247 g/mol. The van der Waals surface area contributed by atoms with Crippen LogP contribution in [-0.4, -0.2) is 6.29 Å². The van der Waals surface area contributed by atoms with E-state index in [0.29, 0.717) is 16.3 Å². The smallest absolute Gasteiger partial charge is 0.151 e. The second kappa shape index (κ2) is 5.02. The lowest BCUT2D eigenvalue weighted by Gasteiger charge is -2.07. The number of hydrogen-bond donors (Lipinski definition) is 0. The maximum absolute atomic E-state index is 10.6. The van der Waals surface area contributed by atoms with Crippen molar-refractivity contribution in [3.8, 4) is 11.5 Å². The number of halogens is 1. The molecule has 2 rings (SSSR count). The lowest BCUT2D eigenvalue weighted by molar-refractivity contribution is 0.112. The van der Waals surface area contributed by atoms with Gasteiger partial charge in [0.25, 0.3) is 0 Å². The third-order valence-electron chi connectivity index (χ3n) is 2.32. The minimum Gasteiger partial charge on any atom is -0.457 e. The monoisotopic (exact) mass is 246 g/mol. The van der Waals surface area contributed by atoms with Gasteiger partial charge in [-0.25, -0.2) is 0 Å². The molecule has 0 N–H and O–H groups in total. The number of benzene rings is 2. The van der Waals surface area contributed by atoms with Gasteiger partial charge in [-0.2, -0.15) is 0 Å². The Kier molecular flexibility index (Phi) is 3.45. The molecule has 0 bridgehead atoms. The first kappa shape index (κ1) is 11.7. The molecule has 0 unspecified atom stereocenters. The number of carbonyl (C=O) groups is 1.